The van der Waals surface area contributed by atoms with Gasteiger partial charge in [0.05, 0.1) is 12.7 Å². The van der Waals surface area contributed by atoms with Crippen molar-refractivity contribution in [2.75, 3.05) is 13.2 Å². The van der Waals surface area contributed by atoms with Crippen LogP contribution in [-0.2, 0) is 11.3 Å². The summed E-state index contributed by atoms with van der Waals surface area (Å²) in [7, 11) is 0. The number of nitrogens with zero attached hydrogens (tertiary/aromatic N) is 1. The average Bonchev–Trinajstić information content (AvgIpc) is 2.41. The summed E-state index contributed by atoms with van der Waals surface area (Å²) in [4.78, 5) is 4.09. The maximum absolute atomic E-state index is 5.84. The van der Waals surface area contributed by atoms with Gasteiger partial charge in [-0.25, -0.2) is 0 Å². The standard InChI is InChI=1S/C14H22N2O/c1-2-6-14(7-3-1)17-10-9-16-12-13-5-4-8-15-11-13/h4-5,8,11,14,16H,1-3,6-7,9-10,12H2. The van der Waals surface area contributed by atoms with Gasteiger partial charge in [-0.1, -0.05) is 25.3 Å². The molecule has 1 heterocycles. The number of nitrogens with one attached hydrogen (secondary N) is 1. The molecule has 0 atom stereocenters. The molecule has 1 aromatic rings. The fourth-order valence-corrected chi connectivity index (χ4v) is 2.26. The molecule has 1 saturated carbocycles. The quantitative estimate of drug-likeness (QED) is 0.768. The van der Waals surface area contributed by atoms with E-state index in [-0.39, 0.29) is 0 Å². The van der Waals surface area contributed by atoms with Crippen LogP contribution in [0.2, 0.25) is 0 Å². The number of aromatic nitrogens is 1. The number of ether oxygens (including phenoxy) is 1. The maximum atomic E-state index is 5.84. The first-order chi connectivity index (χ1) is 8.45. The van der Waals surface area contributed by atoms with Gasteiger partial charge in [0.2, 0.25) is 0 Å². The number of hydrogen-bond donors (Lipinski definition) is 1. The van der Waals surface area contributed by atoms with Gasteiger partial charge in [0.25, 0.3) is 0 Å². The van der Waals surface area contributed by atoms with Crippen LogP contribution >= 0.6 is 0 Å². The topological polar surface area (TPSA) is 34.2 Å². The Balaban J connectivity index is 1.51. The summed E-state index contributed by atoms with van der Waals surface area (Å²) >= 11 is 0. The van der Waals surface area contributed by atoms with E-state index in [0.717, 1.165) is 19.7 Å². The molecule has 3 nitrogen and oxygen atoms in total. The second-order valence-electron chi connectivity index (χ2n) is 4.67. The Morgan fingerprint density at radius 2 is 2.18 bits per heavy atom. The third-order valence-electron chi connectivity index (χ3n) is 3.24. The molecule has 94 valence electrons. The van der Waals surface area contributed by atoms with Crippen LogP contribution in [0.1, 0.15) is 37.7 Å². The lowest BCUT2D eigenvalue weighted by Gasteiger charge is -2.22. The van der Waals surface area contributed by atoms with Crippen LogP contribution in [0.3, 0.4) is 0 Å². The summed E-state index contributed by atoms with van der Waals surface area (Å²) in [5, 5.41) is 3.38. The first kappa shape index (κ1) is 12.5. The SMILES string of the molecule is c1cncc(CNCCOC2CCCCC2)c1. The Morgan fingerprint density at radius 1 is 1.29 bits per heavy atom. The molecule has 0 saturated heterocycles. The fourth-order valence-electron chi connectivity index (χ4n) is 2.26. The number of pyridine rings is 1. The molecule has 0 amide bonds. The van der Waals surface area contributed by atoms with Crippen molar-refractivity contribution in [3.63, 3.8) is 0 Å². The van der Waals surface area contributed by atoms with Gasteiger partial charge in [0.1, 0.15) is 0 Å². The summed E-state index contributed by atoms with van der Waals surface area (Å²) in [5.41, 5.74) is 1.23. The van der Waals surface area contributed by atoms with Gasteiger partial charge >= 0.3 is 0 Å². The molecule has 0 bridgehead atoms. The van der Waals surface area contributed by atoms with E-state index in [9.17, 15) is 0 Å². The van der Waals surface area contributed by atoms with E-state index < -0.39 is 0 Å². The Kier molecular flexibility index (Phi) is 5.46. The summed E-state index contributed by atoms with van der Waals surface area (Å²) < 4.78 is 5.84. The highest BCUT2D eigenvalue weighted by Crippen LogP contribution is 2.19. The smallest absolute Gasteiger partial charge is 0.0594 e. The third-order valence-corrected chi connectivity index (χ3v) is 3.24. The monoisotopic (exact) mass is 234 g/mol. The van der Waals surface area contributed by atoms with E-state index in [0.29, 0.717) is 6.10 Å². The minimum Gasteiger partial charge on any atom is -0.377 e. The van der Waals surface area contributed by atoms with Crippen molar-refractivity contribution in [1.29, 1.82) is 0 Å². The lowest BCUT2D eigenvalue weighted by molar-refractivity contribution is 0.0302. The zero-order valence-corrected chi connectivity index (χ0v) is 10.4. The highest BCUT2D eigenvalue weighted by molar-refractivity contribution is 5.07. The molecule has 0 radical (unpaired) electrons. The molecular formula is C14H22N2O. The first-order valence-electron chi connectivity index (χ1n) is 6.66. The normalized spacial score (nSPS) is 17.2. The van der Waals surface area contributed by atoms with Gasteiger partial charge in [-0.05, 0) is 24.5 Å². The van der Waals surface area contributed by atoms with E-state index in [2.05, 4.69) is 16.4 Å². The molecular weight excluding hydrogens is 212 g/mol. The lowest BCUT2D eigenvalue weighted by atomic mass is 9.98. The molecule has 2 rings (SSSR count). The first-order valence-corrected chi connectivity index (χ1v) is 6.66. The largest absolute Gasteiger partial charge is 0.377 e. The van der Waals surface area contributed by atoms with Crippen molar-refractivity contribution in [3.8, 4) is 0 Å². The van der Waals surface area contributed by atoms with E-state index in [1.165, 1.54) is 37.7 Å². The van der Waals surface area contributed by atoms with Crippen LogP contribution in [0.15, 0.2) is 24.5 Å². The van der Waals surface area contributed by atoms with Gasteiger partial charge in [0.15, 0.2) is 0 Å². The maximum Gasteiger partial charge on any atom is 0.0594 e. The zero-order valence-electron chi connectivity index (χ0n) is 10.4. The Morgan fingerprint density at radius 3 is 2.94 bits per heavy atom. The fraction of sp³-hybridized carbons (Fsp3) is 0.643. The predicted octanol–water partition coefficient (Wildman–Crippen LogP) is 2.52. The van der Waals surface area contributed by atoms with Crippen LogP contribution in [-0.4, -0.2) is 24.2 Å². The summed E-state index contributed by atoms with van der Waals surface area (Å²) in [6.45, 7) is 2.62. The Labute approximate surface area is 104 Å². The van der Waals surface area contributed by atoms with E-state index >= 15 is 0 Å². The number of hydrogen-bond acceptors (Lipinski definition) is 3. The molecule has 0 aromatic carbocycles. The lowest BCUT2D eigenvalue weighted by Crippen LogP contribution is -2.24. The summed E-state index contributed by atoms with van der Waals surface area (Å²) in [6.07, 6.45) is 10.8. The average molecular weight is 234 g/mol. The van der Waals surface area contributed by atoms with Crippen molar-refractivity contribution in [2.24, 2.45) is 0 Å². The van der Waals surface area contributed by atoms with Crippen molar-refractivity contribution in [2.45, 2.75) is 44.8 Å². The summed E-state index contributed by atoms with van der Waals surface area (Å²) in [6, 6.07) is 4.05. The van der Waals surface area contributed by atoms with Crippen molar-refractivity contribution >= 4 is 0 Å². The van der Waals surface area contributed by atoms with Crippen LogP contribution < -0.4 is 5.32 Å². The molecule has 0 unspecified atom stereocenters. The second kappa shape index (κ2) is 7.41. The highest BCUT2D eigenvalue weighted by Gasteiger charge is 2.12. The molecule has 0 aliphatic heterocycles. The van der Waals surface area contributed by atoms with Gasteiger partial charge in [0, 0.05) is 25.5 Å². The molecule has 0 spiro atoms. The van der Waals surface area contributed by atoms with Gasteiger partial charge in [-0.3, -0.25) is 4.98 Å². The van der Waals surface area contributed by atoms with Gasteiger partial charge in [-0.15, -0.1) is 0 Å². The van der Waals surface area contributed by atoms with Crippen LogP contribution in [0.5, 0.6) is 0 Å². The zero-order chi connectivity index (χ0) is 11.8. The molecule has 1 fully saturated rings. The van der Waals surface area contributed by atoms with Crippen molar-refractivity contribution in [3.05, 3.63) is 30.1 Å². The third kappa shape index (κ3) is 4.84. The van der Waals surface area contributed by atoms with Crippen molar-refractivity contribution < 1.29 is 4.74 Å². The number of rotatable bonds is 6. The van der Waals surface area contributed by atoms with Crippen LogP contribution in [0.25, 0.3) is 0 Å². The molecule has 1 N–H and O–H groups in total. The van der Waals surface area contributed by atoms with Gasteiger partial charge < -0.3 is 10.1 Å². The Hall–Kier alpha value is -0.930. The minimum absolute atomic E-state index is 0.518. The minimum atomic E-state index is 0.518. The predicted molar refractivity (Wildman–Crippen MR) is 68.8 cm³/mol. The van der Waals surface area contributed by atoms with E-state index in [4.69, 9.17) is 4.74 Å². The Bertz CT molecular complexity index is 296. The van der Waals surface area contributed by atoms with Gasteiger partial charge in [-0.2, -0.15) is 0 Å². The second-order valence-corrected chi connectivity index (χ2v) is 4.67. The molecule has 1 aliphatic carbocycles. The van der Waals surface area contributed by atoms with Crippen LogP contribution in [0.4, 0.5) is 0 Å². The summed E-state index contributed by atoms with van der Waals surface area (Å²) in [5.74, 6) is 0. The molecule has 17 heavy (non-hydrogen) atoms. The highest BCUT2D eigenvalue weighted by atomic mass is 16.5. The van der Waals surface area contributed by atoms with E-state index in [1.807, 2.05) is 12.3 Å². The molecule has 3 heteroatoms. The van der Waals surface area contributed by atoms with E-state index in [1.54, 1.807) is 6.20 Å². The van der Waals surface area contributed by atoms with Crippen LogP contribution in [0, 0.1) is 0 Å². The molecule has 1 aliphatic rings. The van der Waals surface area contributed by atoms with Crippen molar-refractivity contribution in [1.82, 2.24) is 10.3 Å². The molecule has 1 aromatic heterocycles.